The lowest BCUT2D eigenvalue weighted by Gasteiger charge is -2.47. The van der Waals surface area contributed by atoms with Gasteiger partial charge in [-0.05, 0) is 74.7 Å². The monoisotopic (exact) mass is 344 g/mol. The molecule has 138 valence electrons. The van der Waals surface area contributed by atoms with E-state index in [-0.39, 0.29) is 12.5 Å². The van der Waals surface area contributed by atoms with Crippen molar-refractivity contribution in [2.45, 2.75) is 52.5 Å². The lowest BCUT2D eigenvalue weighted by Crippen LogP contribution is -2.51. The fourth-order valence-electron chi connectivity index (χ4n) is 4.32. The van der Waals surface area contributed by atoms with Crippen LogP contribution in [0.3, 0.4) is 0 Å². The third-order valence-electron chi connectivity index (χ3n) is 6.23. The van der Waals surface area contributed by atoms with Crippen molar-refractivity contribution in [2.75, 3.05) is 32.8 Å². The van der Waals surface area contributed by atoms with Gasteiger partial charge in [-0.25, -0.2) is 0 Å². The van der Waals surface area contributed by atoms with E-state index in [1.165, 1.54) is 29.5 Å². The SMILES string of the molecule is Cc1ccc(CN2CCC3(CCC(=O)N(CCCO)C3)CC2)cc1C. The smallest absolute Gasteiger partial charge is 0.222 e. The lowest BCUT2D eigenvalue weighted by molar-refractivity contribution is -0.139. The third-order valence-corrected chi connectivity index (χ3v) is 6.23. The quantitative estimate of drug-likeness (QED) is 0.893. The molecule has 1 aromatic rings. The predicted octanol–water partition coefficient (Wildman–Crippen LogP) is 2.89. The van der Waals surface area contributed by atoms with Gasteiger partial charge in [0, 0.05) is 32.7 Å². The van der Waals surface area contributed by atoms with E-state index in [9.17, 15) is 4.79 Å². The summed E-state index contributed by atoms with van der Waals surface area (Å²) in [4.78, 5) is 16.7. The van der Waals surface area contributed by atoms with Crippen molar-refractivity contribution in [3.63, 3.8) is 0 Å². The summed E-state index contributed by atoms with van der Waals surface area (Å²) in [6.45, 7) is 9.39. The highest BCUT2D eigenvalue weighted by Crippen LogP contribution is 2.40. The topological polar surface area (TPSA) is 43.8 Å². The number of aryl methyl sites for hydroxylation is 2. The molecular formula is C21H32N2O2. The fourth-order valence-corrected chi connectivity index (χ4v) is 4.32. The normalized spacial score (nSPS) is 21.1. The molecular weight excluding hydrogens is 312 g/mol. The summed E-state index contributed by atoms with van der Waals surface area (Å²) >= 11 is 0. The number of benzene rings is 1. The largest absolute Gasteiger partial charge is 0.396 e. The zero-order chi connectivity index (χ0) is 17.9. The molecule has 0 unspecified atom stereocenters. The molecule has 0 atom stereocenters. The molecule has 1 aromatic carbocycles. The summed E-state index contributed by atoms with van der Waals surface area (Å²) in [5.41, 5.74) is 4.44. The van der Waals surface area contributed by atoms with E-state index in [2.05, 4.69) is 36.9 Å². The molecule has 1 spiro atoms. The molecule has 25 heavy (non-hydrogen) atoms. The van der Waals surface area contributed by atoms with E-state index < -0.39 is 0 Å². The van der Waals surface area contributed by atoms with E-state index in [0.717, 1.165) is 32.6 Å². The number of hydrogen-bond acceptors (Lipinski definition) is 3. The Hall–Kier alpha value is -1.39. The van der Waals surface area contributed by atoms with Gasteiger partial charge in [0.25, 0.3) is 0 Å². The second-order valence-corrected chi connectivity index (χ2v) is 8.09. The minimum atomic E-state index is 0.167. The van der Waals surface area contributed by atoms with Gasteiger partial charge in [-0.3, -0.25) is 9.69 Å². The lowest BCUT2D eigenvalue weighted by atomic mass is 9.72. The molecule has 1 amide bonds. The Morgan fingerprint density at radius 1 is 1.12 bits per heavy atom. The van der Waals surface area contributed by atoms with E-state index in [4.69, 9.17) is 5.11 Å². The van der Waals surface area contributed by atoms with Crippen molar-refractivity contribution in [3.05, 3.63) is 34.9 Å². The Labute approximate surface area is 151 Å². The number of nitrogens with zero attached hydrogens (tertiary/aromatic N) is 2. The van der Waals surface area contributed by atoms with Crippen LogP contribution in [-0.2, 0) is 11.3 Å². The first-order valence-electron chi connectivity index (χ1n) is 9.68. The van der Waals surface area contributed by atoms with Gasteiger partial charge in [0.1, 0.15) is 0 Å². The Kier molecular flexibility index (Phi) is 5.80. The van der Waals surface area contributed by atoms with Crippen LogP contribution in [0.2, 0.25) is 0 Å². The molecule has 2 fully saturated rings. The van der Waals surface area contributed by atoms with Gasteiger partial charge in [0.2, 0.25) is 5.91 Å². The molecule has 2 aliphatic heterocycles. The molecule has 1 N–H and O–H groups in total. The van der Waals surface area contributed by atoms with Gasteiger partial charge in [0.05, 0.1) is 0 Å². The van der Waals surface area contributed by atoms with Crippen molar-refractivity contribution in [3.8, 4) is 0 Å². The molecule has 0 aliphatic carbocycles. The van der Waals surface area contributed by atoms with Crippen LogP contribution in [0.5, 0.6) is 0 Å². The maximum atomic E-state index is 12.1. The number of rotatable bonds is 5. The van der Waals surface area contributed by atoms with Crippen LogP contribution in [-0.4, -0.2) is 53.6 Å². The van der Waals surface area contributed by atoms with Gasteiger partial charge in [0.15, 0.2) is 0 Å². The van der Waals surface area contributed by atoms with E-state index >= 15 is 0 Å². The summed E-state index contributed by atoms with van der Waals surface area (Å²) in [7, 11) is 0. The molecule has 4 nitrogen and oxygen atoms in total. The van der Waals surface area contributed by atoms with Crippen LogP contribution < -0.4 is 0 Å². The minimum absolute atomic E-state index is 0.167. The molecule has 0 bridgehead atoms. The van der Waals surface area contributed by atoms with Gasteiger partial charge >= 0.3 is 0 Å². The Bertz CT molecular complexity index is 606. The summed E-state index contributed by atoms with van der Waals surface area (Å²) in [6.07, 6.45) is 4.78. The van der Waals surface area contributed by atoms with Gasteiger partial charge in [-0.1, -0.05) is 18.2 Å². The van der Waals surface area contributed by atoms with Gasteiger partial charge in [-0.15, -0.1) is 0 Å². The van der Waals surface area contributed by atoms with E-state index in [0.29, 0.717) is 24.8 Å². The number of aliphatic hydroxyl groups is 1. The third kappa shape index (κ3) is 4.42. The molecule has 2 aliphatic rings. The Balaban J connectivity index is 1.55. The number of carbonyl (C=O) groups excluding carboxylic acids is 1. The summed E-state index contributed by atoms with van der Waals surface area (Å²) < 4.78 is 0. The standard InChI is InChI=1S/C21H32N2O2/c1-17-4-5-19(14-18(17)2)15-22-11-8-21(9-12-22)7-6-20(25)23(16-21)10-3-13-24/h4-5,14,24H,3,6-13,15-16H2,1-2H3. The molecule has 4 heteroatoms. The van der Waals surface area contributed by atoms with Gasteiger partial charge < -0.3 is 10.0 Å². The van der Waals surface area contributed by atoms with Crippen LogP contribution in [0.15, 0.2) is 18.2 Å². The van der Waals surface area contributed by atoms with Crippen molar-refractivity contribution in [1.29, 1.82) is 0 Å². The minimum Gasteiger partial charge on any atom is -0.396 e. The number of amides is 1. The first-order valence-corrected chi connectivity index (χ1v) is 9.68. The number of piperidine rings is 2. The maximum Gasteiger partial charge on any atom is 0.222 e. The summed E-state index contributed by atoms with van der Waals surface area (Å²) in [5, 5.41) is 9.05. The molecule has 0 saturated carbocycles. The number of likely N-dealkylation sites (tertiary alicyclic amines) is 2. The second kappa shape index (κ2) is 7.88. The molecule has 2 saturated heterocycles. The van der Waals surface area contributed by atoms with E-state index in [1.807, 2.05) is 4.90 Å². The highest BCUT2D eigenvalue weighted by molar-refractivity contribution is 5.77. The van der Waals surface area contributed by atoms with Crippen LogP contribution in [0, 0.1) is 19.3 Å². The zero-order valence-electron chi connectivity index (χ0n) is 15.8. The van der Waals surface area contributed by atoms with Crippen LogP contribution in [0.25, 0.3) is 0 Å². The first kappa shape index (κ1) is 18.4. The predicted molar refractivity (Wildman–Crippen MR) is 100 cm³/mol. The number of aliphatic hydroxyl groups excluding tert-OH is 1. The van der Waals surface area contributed by atoms with Crippen molar-refractivity contribution in [2.24, 2.45) is 5.41 Å². The molecule has 0 radical (unpaired) electrons. The van der Waals surface area contributed by atoms with E-state index in [1.54, 1.807) is 0 Å². The molecule has 0 aromatic heterocycles. The first-order chi connectivity index (χ1) is 12.0. The van der Waals surface area contributed by atoms with Crippen molar-refractivity contribution < 1.29 is 9.90 Å². The molecule has 3 rings (SSSR count). The van der Waals surface area contributed by atoms with Crippen LogP contribution in [0.4, 0.5) is 0 Å². The van der Waals surface area contributed by atoms with Crippen LogP contribution >= 0.6 is 0 Å². The maximum absolute atomic E-state index is 12.1. The number of carbonyl (C=O) groups is 1. The fraction of sp³-hybridized carbons (Fsp3) is 0.667. The van der Waals surface area contributed by atoms with Gasteiger partial charge in [-0.2, -0.15) is 0 Å². The summed E-state index contributed by atoms with van der Waals surface area (Å²) in [5.74, 6) is 0.275. The van der Waals surface area contributed by atoms with Crippen LogP contribution in [0.1, 0.15) is 48.8 Å². The van der Waals surface area contributed by atoms with Crippen molar-refractivity contribution in [1.82, 2.24) is 9.80 Å². The summed E-state index contributed by atoms with van der Waals surface area (Å²) in [6, 6.07) is 6.79. The Morgan fingerprint density at radius 2 is 1.88 bits per heavy atom. The average molecular weight is 344 g/mol. The molecule has 2 heterocycles. The highest BCUT2D eigenvalue weighted by Gasteiger charge is 2.40. The zero-order valence-corrected chi connectivity index (χ0v) is 15.8. The second-order valence-electron chi connectivity index (χ2n) is 8.09. The highest BCUT2D eigenvalue weighted by atomic mass is 16.3. The average Bonchev–Trinajstić information content (AvgIpc) is 2.61. The Morgan fingerprint density at radius 3 is 2.56 bits per heavy atom. The van der Waals surface area contributed by atoms with Crippen molar-refractivity contribution >= 4 is 5.91 Å². The number of hydrogen-bond donors (Lipinski definition) is 1.